The van der Waals surface area contributed by atoms with Crippen LogP contribution in [0.4, 0.5) is 0 Å². The highest BCUT2D eigenvalue weighted by Crippen LogP contribution is 2.72. The second kappa shape index (κ2) is 5.68. The first-order chi connectivity index (χ1) is 13.0. The van der Waals surface area contributed by atoms with Crippen molar-refractivity contribution in [2.24, 2.45) is 34.0 Å². The summed E-state index contributed by atoms with van der Waals surface area (Å²) < 4.78 is 5.87. The molecule has 3 saturated carbocycles. The van der Waals surface area contributed by atoms with Gasteiger partial charge in [0.1, 0.15) is 5.76 Å². The van der Waals surface area contributed by atoms with Gasteiger partial charge < -0.3 is 9.52 Å². The van der Waals surface area contributed by atoms with Gasteiger partial charge in [-0.2, -0.15) is 0 Å². The van der Waals surface area contributed by atoms with Gasteiger partial charge in [0.2, 0.25) is 0 Å². The van der Waals surface area contributed by atoms with Crippen molar-refractivity contribution in [1.29, 1.82) is 0 Å². The van der Waals surface area contributed by atoms with Gasteiger partial charge in [0.05, 0.1) is 12.4 Å². The molecule has 1 heterocycles. The Labute approximate surface area is 171 Å². The lowest BCUT2D eigenvalue weighted by Crippen LogP contribution is -2.66. The molecule has 4 aliphatic carbocycles. The van der Waals surface area contributed by atoms with E-state index in [1.54, 1.807) is 0 Å². The highest BCUT2D eigenvalue weighted by atomic mass is 16.3. The number of rotatable bonds is 0. The fourth-order valence-corrected chi connectivity index (χ4v) is 9.55. The molecule has 28 heavy (non-hydrogen) atoms. The van der Waals surface area contributed by atoms with Crippen LogP contribution < -0.4 is 0 Å². The SMILES string of the molecule is Cc1occ2c1CC[C@H]1[C@]3(C)CC[C@H]4C(C)(C)CCC[C@]4(C)[C@H]3C[C@@H](O)[C@]21C. The second-order valence-corrected chi connectivity index (χ2v) is 12.3. The van der Waals surface area contributed by atoms with E-state index >= 15 is 0 Å². The fourth-order valence-electron chi connectivity index (χ4n) is 9.55. The van der Waals surface area contributed by atoms with E-state index in [-0.39, 0.29) is 11.5 Å². The minimum atomic E-state index is -0.257. The van der Waals surface area contributed by atoms with E-state index in [1.807, 2.05) is 6.26 Å². The van der Waals surface area contributed by atoms with E-state index in [4.69, 9.17) is 4.42 Å². The molecule has 1 aromatic rings. The quantitative estimate of drug-likeness (QED) is 0.560. The molecule has 5 rings (SSSR count). The van der Waals surface area contributed by atoms with Crippen LogP contribution in [0.25, 0.3) is 0 Å². The van der Waals surface area contributed by atoms with Crippen LogP contribution in [0, 0.1) is 40.9 Å². The van der Waals surface area contributed by atoms with Crippen molar-refractivity contribution < 1.29 is 9.52 Å². The van der Waals surface area contributed by atoms with Gasteiger partial charge in [0, 0.05) is 11.0 Å². The average molecular weight is 385 g/mol. The monoisotopic (exact) mass is 384 g/mol. The highest BCUT2D eigenvalue weighted by Gasteiger charge is 2.67. The Morgan fingerprint density at radius 2 is 1.64 bits per heavy atom. The third kappa shape index (κ3) is 2.14. The fraction of sp³-hybridized carbons (Fsp3) is 0.846. The van der Waals surface area contributed by atoms with Gasteiger partial charge in [-0.25, -0.2) is 0 Å². The first-order valence-electron chi connectivity index (χ1n) is 11.8. The second-order valence-electron chi connectivity index (χ2n) is 12.3. The average Bonchev–Trinajstić information content (AvgIpc) is 2.99. The summed E-state index contributed by atoms with van der Waals surface area (Å²) in [5.41, 5.74) is 3.72. The number of aliphatic hydroxyl groups is 1. The number of fused-ring (bicyclic) bond motifs is 7. The standard InChI is InChI=1S/C26H40O2/c1-16-17-8-9-20-25(5)13-10-19-23(2,3)11-7-12-24(19,4)21(25)14-22(27)26(20,6)18(17)15-28-16/h15,19-22,27H,7-14H2,1-6H3/t19-,20-,21+,22+,24-,25-,26+/m0/s1. The lowest BCUT2D eigenvalue weighted by molar-refractivity contribution is -0.207. The maximum atomic E-state index is 11.7. The molecular formula is C26H40O2. The van der Waals surface area contributed by atoms with E-state index in [1.165, 1.54) is 49.7 Å². The van der Waals surface area contributed by atoms with E-state index in [2.05, 4.69) is 41.5 Å². The number of furan rings is 1. The molecule has 2 heteroatoms. The van der Waals surface area contributed by atoms with Crippen molar-refractivity contribution in [2.75, 3.05) is 0 Å². The first-order valence-corrected chi connectivity index (χ1v) is 11.8. The molecule has 0 radical (unpaired) electrons. The Kier molecular flexibility index (Phi) is 3.90. The van der Waals surface area contributed by atoms with Gasteiger partial charge in [0.25, 0.3) is 0 Å². The molecule has 0 unspecified atom stereocenters. The molecule has 4 aliphatic rings. The van der Waals surface area contributed by atoms with Crippen LogP contribution in [0.2, 0.25) is 0 Å². The van der Waals surface area contributed by atoms with E-state index < -0.39 is 0 Å². The molecule has 156 valence electrons. The third-order valence-corrected chi connectivity index (χ3v) is 10.9. The number of aryl methyl sites for hydroxylation is 1. The molecular weight excluding hydrogens is 344 g/mol. The van der Waals surface area contributed by atoms with Crippen LogP contribution in [-0.2, 0) is 11.8 Å². The largest absolute Gasteiger partial charge is 0.469 e. The molecule has 2 nitrogen and oxygen atoms in total. The van der Waals surface area contributed by atoms with Crippen molar-refractivity contribution in [1.82, 2.24) is 0 Å². The minimum Gasteiger partial charge on any atom is -0.469 e. The molecule has 0 amide bonds. The summed E-state index contributed by atoms with van der Waals surface area (Å²) in [4.78, 5) is 0. The topological polar surface area (TPSA) is 33.4 Å². The molecule has 3 fully saturated rings. The first kappa shape index (κ1) is 19.2. The molecule has 7 atom stereocenters. The predicted molar refractivity (Wildman–Crippen MR) is 113 cm³/mol. The van der Waals surface area contributed by atoms with Crippen molar-refractivity contribution >= 4 is 0 Å². The Morgan fingerprint density at radius 3 is 2.39 bits per heavy atom. The maximum absolute atomic E-state index is 11.7. The molecule has 0 aliphatic heterocycles. The lowest BCUT2D eigenvalue weighted by atomic mass is 9.35. The zero-order valence-corrected chi connectivity index (χ0v) is 18.9. The summed E-state index contributed by atoms with van der Waals surface area (Å²) >= 11 is 0. The maximum Gasteiger partial charge on any atom is 0.104 e. The highest BCUT2D eigenvalue weighted by molar-refractivity contribution is 5.41. The number of hydrogen-bond donors (Lipinski definition) is 1. The summed E-state index contributed by atoms with van der Waals surface area (Å²) in [7, 11) is 0. The van der Waals surface area contributed by atoms with Gasteiger partial charge >= 0.3 is 0 Å². The summed E-state index contributed by atoms with van der Waals surface area (Å²) in [6.07, 6.45) is 11.8. The van der Waals surface area contributed by atoms with E-state index in [9.17, 15) is 5.11 Å². The molecule has 0 saturated heterocycles. The number of aliphatic hydroxyl groups excluding tert-OH is 1. The van der Waals surface area contributed by atoms with Crippen molar-refractivity contribution in [3.05, 3.63) is 23.2 Å². The number of hydrogen-bond acceptors (Lipinski definition) is 2. The smallest absolute Gasteiger partial charge is 0.104 e. The van der Waals surface area contributed by atoms with Gasteiger partial charge in [-0.1, -0.05) is 41.0 Å². The van der Waals surface area contributed by atoms with Gasteiger partial charge in [-0.05, 0) is 91.4 Å². The zero-order chi connectivity index (χ0) is 20.1. The Balaban J connectivity index is 1.61. The normalized spacial score (nSPS) is 49.5. The van der Waals surface area contributed by atoms with E-state index in [0.29, 0.717) is 28.1 Å². The van der Waals surface area contributed by atoms with E-state index in [0.717, 1.165) is 24.5 Å². The van der Waals surface area contributed by atoms with Gasteiger partial charge in [-0.15, -0.1) is 0 Å². The van der Waals surface area contributed by atoms with Gasteiger partial charge in [-0.3, -0.25) is 0 Å². The minimum absolute atomic E-state index is 0.149. The van der Waals surface area contributed by atoms with Crippen LogP contribution in [0.1, 0.15) is 96.5 Å². The summed E-state index contributed by atoms with van der Waals surface area (Å²) in [5.74, 6) is 3.07. The van der Waals surface area contributed by atoms with Crippen LogP contribution in [0.3, 0.4) is 0 Å². The van der Waals surface area contributed by atoms with Crippen molar-refractivity contribution in [2.45, 2.75) is 104 Å². The predicted octanol–water partition coefficient (Wildman–Crippen LogP) is 6.42. The van der Waals surface area contributed by atoms with Crippen molar-refractivity contribution in [3.63, 3.8) is 0 Å². The Morgan fingerprint density at radius 1 is 0.929 bits per heavy atom. The molecule has 0 aromatic carbocycles. The Hall–Kier alpha value is -0.760. The van der Waals surface area contributed by atoms with Crippen LogP contribution in [0.5, 0.6) is 0 Å². The summed E-state index contributed by atoms with van der Waals surface area (Å²) in [6, 6.07) is 0. The summed E-state index contributed by atoms with van der Waals surface area (Å²) in [5, 5.41) is 11.7. The summed E-state index contributed by atoms with van der Waals surface area (Å²) in [6.45, 7) is 14.7. The van der Waals surface area contributed by atoms with Crippen LogP contribution in [0.15, 0.2) is 10.7 Å². The zero-order valence-electron chi connectivity index (χ0n) is 18.9. The van der Waals surface area contributed by atoms with Crippen LogP contribution >= 0.6 is 0 Å². The Bertz CT molecular complexity index is 790. The van der Waals surface area contributed by atoms with Gasteiger partial charge in [0.15, 0.2) is 0 Å². The lowest BCUT2D eigenvalue weighted by Gasteiger charge is -2.69. The van der Waals surface area contributed by atoms with Crippen LogP contribution in [-0.4, -0.2) is 11.2 Å². The third-order valence-electron chi connectivity index (χ3n) is 10.9. The molecule has 1 aromatic heterocycles. The molecule has 0 bridgehead atoms. The van der Waals surface area contributed by atoms with Crippen molar-refractivity contribution in [3.8, 4) is 0 Å². The molecule has 0 spiro atoms. The molecule has 1 N–H and O–H groups in total.